The number of nitrogens with zero attached hydrogens (tertiary/aromatic N) is 1. The Morgan fingerprint density at radius 3 is 2.32 bits per heavy atom. The minimum Gasteiger partial charge on any atom is -0.451 e. The van der Waals surface area contributed by atoms with Crippen molar-refractivity contribution in [1.29, 1.82) is 0 Å². The maximum absolute atomic E-state index is 13.0. The van der Waals surface area contributed by atoms with Crippen LogP contribution >= 0.6 is 0 Å². The third-order valence-electron chi connectivity index (χ3n) is 4.30. The topological polar surface area (TPSA) is 80.8 Å². The van der Waals surface area contributed by atoms with Crippen molar-refractivity contribution in [3.63, 3.8) is 0 Å². The molecule has 2 aromatic carbocycles. The summed E-state index contributed by atoms with van der Waals surface area (Å²) >= 11 is 0. The van der Waals surface area contributed by atoms with E-state index in [1.165, 1.54) is 43.3 Å². The molecule has 3 rings (SSSR count). The maximum atomic E-state index is 13.0. The molecule has 1 atom stereocenters. The van der Waals surface area contributed by atoms with Crippen molar-refractivity contribution in [2.24, 2.45) is 0 Å². The first-order valence-corrected chi connectivity index (χ1v) is 8.45. The van der Waals surface area contributed by atoms with Crippen LogP contribution in [0.1, 0.15) is 48.4 Å². The normalized spacial score (nSPS) is 13.9. The Hall–Kier alpha value is -3.61. The van der Waals surface area contributed by atoms with Crippen LogP contribution in [-0.2, 0) is 4.74 Å². The number of amides is 2. The largest absolute Gasteiger partial charge is 0.451 e. The van der Waals surface area contributed by atoms with E-state index in [1.54, 1.807) is 0 Å². The van der Waals surface area contributed by atoms with E-state index < -0.39 is 35.5 Å². The second-order valence-corrected chi connectivity index (χ2v) is 6.19. The average Bonchev–Trinajstić information content (AvgIpc) is 2.92. The number of rotatable bonds is 6. The maximum Gasteiger partial charge on any atom is 0.338 e. The van der Waals surface area contributed by atoms with E-state index in [1.807, 2.05) is 0 Å². The molecule has 0 spiro atoms. The molecule has 28 heavy (non-hydrogen) atoms. The van der Waals surface area contributed by atoms with Gasteiger partial charge >= 0.3 is 5.97 Å². The molecule has 142 valence electrons. The van der Waals surface area contributed by atoms with E-state index in [-0.39, 0.29) is 28.8 Å². The number of ether oxygens (including phenoxy) is 1. The summed E-state index contributed by atoms with van der Waals surface area (Å²) < 4.78 is 18.1. The summed E-state index contributed by atoms with van der Waals surface area (Å²) in [5, 5.41) is 0. The first kappa shape index (κ1) is 19.2. The number of benzene rings is 2. The van der Waals surface area contributed by atoms with Crippen LogP contribution in [0.4, 0.5) is 4.39 Å². The zero-order valence-electron chi connectivity index (χ0n) is 15.0. The zero-order chi connectivity index (χ0) is 20.4. The first-order chi connectivity index (χ1) is 13.3. The predicted octanol–water partition coefficient (Wildman–Crippen LogP) is 3.04. The number of hydrogen-bond donors (Lipinski definition) is 0. The lowest BCUT2D eigenvalue weighted by atomic mass is 10.1. The molecule has 0 aliphatic carbocycles. The highest BCUT2D eigenvalue weighted by Gasteiger charge is 2.35. The van der Waals surface area contributed by atoms with E-state index >= 15 is 0 Å². The van der Waals surface area contributed by atoms with Gasteiger partial charge in [-0.25, -0.2) is 9.18 Å². The summed E-state index contributed by atoms with van der Waals surface area (Å²) in [6.07, 6.45) is 0.320. The second kappa shape index (κ2) is 7.56. The quantitative estimate of drug-likeness (QED) is 0.333. The van der Waals surface area contributed by atoms with E-state index in [2.05, 4.69) is 6.58 Å². The minimum absolute atomic E-state index is 0.0408. The van der Waals surface area contributed by atoms with Gasteiger partial charge in [-0.1, -0.05) is 6.08 Å². The van der Waals surface area contributed by atoms with E-state index in [9.17, 15) is 23.6 Å². The Balaban J connectivity index is 1.76. The summed E-state index contributed by atoms with van der Waals surface area (Å²) in [5.41, 5.74) is 0.535. The molecule has 1 aliphatic rings. The van der Waals surface area contributed by atoms with Gasteiger partial charge in [0.2, 0.25) is 5.78 Å². The number of imide groups is 1. The summed E-state index contributed by atoms with van der Waals surface area (Å²) in [4.78, 5) is 50.2. The van der Waals surface area contributed by atoms with Crippen molar-refractivity contribution in [2.75, 3.05) is 6.54 Å². The molecule has 0 radical (unpaired) electrons. The number of carbonyl (C=O) groups is 4. The van der Waals surface area contributed by atoms with Gasteiger partial charge in [-0.15, -0.1) is 6.58 Å². The summed E-state index contributed by atoms with van der Waals surface area (Å²) in [5.74, 6) is -2.76. The van der Waals surface area contributed by atoms with Crippen molar-refractivity contribution >= 4 is 23.6 Å². The predicted molar refractivity (Wildman–Crippen MR) is 97.6 cm³/mol. The highest BCUT2D eigenvalue weighted by molar-refractivity contribution is 6.22. The average molecular weight is 381 g/mol. The van der Waals surface area contributed by atoms with Crippen LogP contribution in [0.5, 0.6) is 0 Å². The molecule has 7 heteroatoms. The van der Waals surface area contributed by atoms with Gasteiger partial charge in [0, 0.05) is 12.1 Å². The second-order valence-electron chi connectivity index (χ2n) is 6.19. The third kappa shape index (κ3) is 3.46. The van der Waals surface area contributed by atoms with Crippen LogP contribution in [0.25, 0.3) is 0 Å². The number of esters is 1. The van der Waals surface area contributed by atoms with Gasteiger partial charge in [-0.2, -0.15) is 0 Å². The molecule has 0 bridgehead atoms. The van der Waals surface area contributed by atoms with Crippen LogP contribution in [-0.4, -0.2) is 41.1 Å². The monoisotopic (exact) mass is 381 g/mol. The Morgan fingerprint density at radius 2 is 1.68 bits per heavy atom. The minimum atomic E-state index is -1.11. The standard InChI is InChI=1S/C21H16FNO5/c1-3-10-23-19(25)16-9-6-14(11-17(16)20(23)26)21(27)28-12(2)18(24)13-4-7-15(22)8-5-13/h3-9,11-12H,1,10H2,2H3. The van der Waals surface area contributed by atoms with E-state index in [4.69, 9.17) is 4.74 Å². The van der Waals surface area contributed by atoms with Crippen LogP contribution < -0.4 is 0 Å². The molecule has 0 saturated carbocycles. The molecule has 1 aliphatic heterocycles. The van der Waals surface area contributed by atoms with Crippen LogP contribution in [0.3, 0.4) is 0 Å². The van der Waals surface area contributed by atoms with Gasteiger partial charge in [0.05, 0.1) is 16.7 Å². The smallest absolute Gasteiger partial charge is 0.338 e. The van der Waals surface area contributed by atoms with Crippen LogP contribution in [0.15, 0.2) is 55.1 Å². The Labute approximate surface area is 160 Å². The van der Waals surface area contributed by atoms with Gasteiger partial charge in [-0.05, 0) is 49.4 Å². The molecule has 2 aromatic rings. The molecule has 1 heterocycles. The van der Waals surface area contributed by atoms with Crippen LogP contribution in [0, 0.1) is 5.82 Å². The summed E-state index contributed by atoms with van der Waals surface area (Å²) in [6.45, 7) is 4.97. The number of ketones is 1. The number of Topliss-reactive ketones (excluding diaryl/α,β-unsaturated/α-hetero) is 1. The third-order valence-corrected chi connectivity index (χ3v) is 4.30. The molecule has 0 fully saturated rings. The Kier molecular flexibility index (Phi) is 5.17. The number of halogens is 1. The highest BCUT2D eigenvalue weighted by Crippen LogP contribution is 2.24. The molecular formula is C21H16FNO5. The SMILES string of the molecule is C=CCN1C(=O)c2ccc(C(=O)OC(C)C(=O)c3ccc(F)cc3)cc2C1=O. The van der Waals surface area contributed by atoms with Gasteiger partial charge < -0.3 is 4.74 Å². The Bertz CT molecular complexity index is 996. The molecule has 0 saturated heterocycles. The molecule has 2 amide bonds. The first-order valence-electron chi connectivity index (χ1n) is 8.45. The van der Waals surface area contributed by atoms with Crippen molar-refractivity contribution in [1.82, 2.24) is 4.90 Å². The number of fused-ring (bicyclic) bond motifs is 1. The molecule has 0 aromatic heterocycles. The molecule has 6 nitrogen and oxygen atoms in total. The lowest BCUT2D eigenvalue weighted by Gasteiger charge is -2.12. The summed E-state index contributed by atoms with van der Waals surface area (Å²) in [7, 11) is 0. The van der Waals surface area contributed by atoms with Crippen molar-refractivity contribution in [3.05, 3.63) is 83.2 Å². The lowest BCUT2D eigenvalue weighted by molar-refractivity contribution is 0.0318. The van der Waals surface area contributed by atoms with Gasteiger partial charge in [-0.3, -0.25) is 19.3 Å². The summed E-state index contributed by atoms with van der Waals surface area (Å²) in [6, 6.07) is 8.89. The van der Waals surface area contributed by atoms with Crippen molar-refractivity contribution in [2.45, 2.75) is 13.0 Å². The highest BCUT2D eigenvalue weighted by atomic mass is 19.1. The zero-order valence-corrected chi connectivity index (χ0v) is 15.0. The molecular weight excluding hydrogens is 365 g/mol. The van der Waals surface area contributed by atoms with Crippen molar-refractivity contribution < 1.29 is 28.3 Å². The molecule has 0 N–H and O–H groups in total. The van der Waals surface area contributed by atoms with E-state index in [0.29, 0.717) is 0 Å². The van der Waals surface area contributed by atoms with Crippen molar-refractivity contribution in [3.8, 4) is 0 Å². The fourth-order valence-electron chi connectivity index (χ4n) is 2.84. The van der Waals surface area contributed by atoms with Gasteiger partial charge in [0.15, 0.2) is 6.10 Å². The lowest BCUT2D eigenvalue weighted by Crippen LogP contribution is -2.29. The number of hydrogen-bond acceptors (Lipinski definition) is 5. The van der Waals surface area contributed by atoms with Gasteiger partial charge in [0.1, 0.15) is 5.82 Å². The Morgan fingerprint density at radius 1 is 1.07 bits per heavy atom. The van der Waals surface area contributed by atoms with Crippen LogP contribution in [0.2, 0.25) is 0 Å². The fourth-order valence-corrected chi connectivity index (χ4v) is 2.84. The number of carbonyl (C=O) groups excluding carboxylic acids is 4. The van der Waals surface area contributed by atoms with E-state index in [0.717, 1.165) is 17.0 Å². The van der Waals surface area contributed by atoms with Gasteiger partial charge in [0.25, 0.3) is 11.8 Å². The fraction of sp³-hybridized carbons (Fsp3) is 0.143. The molecule has 1 unspecified atom stereocenters.